The molecule has 1 aliphatic carbocycles. The van der Waals surface area contributed by atoms with Crippen LogP contribution in [-0.4, -0.2) is 93.6 Å². The van der Waals surface area contributed by atoms with E-state index < -0.39 is 17.9 Å². The predicted octanol–water partition coefficient (Wildman–Crippen LogP) is 0.549. The maximum Gasteiger partial charge on any atom is 0.408 e. The van der Waals surface area contributed by atoms with E-state index in [4.69, 9.17) is 4.74 Å². The van der Waals surface area contributed by atoms with Crippen molar-refractivity contribution in [3.05, 3.63) is 0 Å². The fraction of sp³-hybridized carbons (Fsp3) is 0.889. The molecule has 4 rings (SSSR count). The number of piperazine rings is 1. The molecular weight excluding hydrogens is 338 g/mol. The van der Waals surface area contributed by atoms with Crippen LogP contribution in [0.1, 0.15) is 39.5 Å². The monoisotopic (exact) mass is 367 g/mol. The third-order valence-corrected chi connectivity index (χ3v) is 6.97. The molecule has 0 radical (unpaired) electrons. The molecule has 146 valence electrons. The second-order valence-corrected chi connectivity index (χ2v) is 8.65. The lowest BCUT2D eigenvalue weighted by molar-refractivity contribution is -0.169. The van der Waals surface area contributed by atoms with Gasteiger partial charge in [0.15, 0.2) is 5.72 Å². The molecule has 2 amide bonds. The third kappa shape index (κ3) is 2.78. The van der Waals surface area contributed by atoms with Gasteiger partial charge in [0.1, 0.15) is 6.04 Å². The van der Waals surface area contributed by atoms with Crippen LogP contribution in [0.2, 0.25) is 0 Å². The summed E-state index contributed by atoms with van der Waals surface area (Å²) in [6.45, 7) is 6.58. The zero-order valence-corrected chi connectivity index (χ0v) is 15.6. The van der Waals surface area contributed by atoms with Gasteiger partial charge in [0.25, 0.3) is 0 Å². The summed E-state index contributed by atoms with van der Waals surface area (Å²) in [5, 5.41) is 19.7. The SMILES string of the molecule is C[C@H]1C(=O)N2[C@@H](CCN3CCC4(CC4)[C@H](O)C3)CO[C@]2(C)CN1C(=O)O. The maximum absolute atomic E-state index is 12.8. The van der Waals surface area contributed by atoms with Gasteiger partial charge in [-0.2, -0.15) is 0 Å². The molecule has 4 aliphatic rings. The van der Waals surface area contributed by atoms with Gasteiger partial charge in [0.2, 0.25) is 5.91 Å². The molecule has 0 bridgehead atoms. The number of amides is 2. The first-order valence-corrected chi connectivity index (χ1v) is 9.63. The largest absolute Gasteiger partial charge is 0.465 e. The van der Waals surface area contributed by atoms with E-state index >= 15 is 0 Å². The van der Waals surface area contributed by atoms with Crippen molar-refractivity contribution in [1.29, 1.82) is 0 Å². The number of β-amino-alcohol motifs (C(OH)–C–C–N with tert-alkyl or cyclic N) is 1. The number of hydrogen-bond donors (Lipinski definition) is 2. The lowest BCUT2D eigenvalue weighted by atomic mass is 9.90. The Morgan fingerprint density at radius 3 is 2.69 bits per heavy atom. The van der Waals surface area contributed by atoms with Gasteiger partial charge in [-0.15, -0.1) is 0 Å². The number of carbonyl (C=O) groups excluding carboxylic acids is 1. The molecule has 0 unspecified atom stereocenters. The molecule has 3 saturated heterocycles. The van der Waals surface area contributed by atoms with Crippen LogP contribution in [0, 0.1) is 5.41 Å². The second kappa shape index (κ2) is 6.07. The van der Waals surface area contributed by atoms with E-state index in [2.05, 4.69) is 4.90 Å². The number of rotatable bonds is 3. The Labute approximate surface area is 153 Å². The van der Waals surface area contributed by atoms with Crippen LogP contribution in [0.4, 0.5) is 4.79 Å². The highest BCUT2D eigenvalue weighted by atomic mass is 16.5. The van der Waals surface area contributed by atoms with Crippen LogP contribution < -0.4 is 0 Å². The van der Waals surface area contributed by atoms with Crippen LogP contribution >= 0.6 is 0 Å². The number of likely N-dealkylation sites (tertiary alicyclic amines) is 1. The average Bonchev–Trinajstić information content (AvgIpc) is 3.29. The highest BCUT2D eigenvalue weighted by Gasteiger charge is 2.55. The summed E-state index contributed by atoms with van der Waals surface area (Å²) in [5.41, 5.74) is -0.684. The van der Waals surface area contributed by atoms with E-state index in [0.717, 1.165) is 43.7 Å². The van der Waals surface area contributed by atoms with Crippen LogP contribution in [0.25, 0.3) is 0 Å². The summed E-state index contributed by atoms with van der Waals surface area (Å²) in [5.74, 6) is -0.181. The highest BCUT2D eigenvalue weighted by Crippen LogP contribution is 2.53. The van der Waals surface area contributed by atoms with Crippen molar-refractivity contribution in [2.45, 2.75) is 63.4 Å². The molecule has 3 aliphatic heterocycles. The number of ether oxygens (including phenoxy) is 1. The van der Waals surface area contributed by atoms with Crippen LogP contribution in [0.3, 0.4) is 0 Å². The van der Waals surface area contributed by atoms with E-state index in [1.807, 2.05) is 0 Å². The number of fused-ring (bicyclic) bond motifs is 1. The molecule has 4 atom stereocenters. The van der Waals surface area contributed by atoms with Crippen molar-refractivity contribution >= 4 is 12.0 Å². The molecule has 4 fully saturated rings. The summed E-state index contributed by atoms with van der Waals surface area (Å²) >= 11 is 0. The van der Waals surface area contributed by atoms with Gasteiger partial charge < -0.3 is 24.7 Å². The number of aliphatic hydroxyl groups excluding tert-OH is 1. The number of aliphatic hydroxyl groups is 1. The minimum Gasteiger partial charge on any atom is -0.465 e. The summed E-state index contributed by atoms with van der Waals surface area (Å²) in [4.78, 5) is 29.4. The van der Waals surface area contributed by atoms with Crippen molar-refractivity contribution in [2.24, 2.45) is 5.41 Å². The minimum atomic E-state index is -1.09. The van der Waals surface area contributed by atoms with Crippen LogP contribution in [0.5, 0.6) is 0 Å². The normalized spacial score (nSPS) is 39.3. The van der Waals surface area contributed by atoms with E-state index in [1.54, 1.807) is 18.7 Å². The van der Waals surface area contributed by atoms with Crippen molar-refractivity contribution in [3.63, 3.8) is 0 Å². The lowest BCUT2D eigenvalue weighted by Crippen LogP contribution is -2.67. The zero-order chi connectivity index (χ0) is 18.7. The molecular formula is C18H29N3O5. The van der Waals surface area contributed by atoms with E-state index in [-0.39, 0.29) is 30.0 Å². The first-order valence-electron chi connectivity index (χ1n) is 9.63. The Hall–Kier alpha value is -1.38. The van der Waals surface area contributed by atoms with Crippen molar-refractivity contribution in [2.75, 3.05) is 32.8 Å². The fourth-order valence-corrected chi connectivity index (χ4v) is 4.93. The number of carboxylic acid groups (broad SMARTS) is 1. The van der Waals surface area contributed by atoms with Gasteiger partial charge in [-0.3, -0.25) is 9.69 Å². The van der Waals surface area contributed by atoms with Crippen molar-refractivity contribution in [1.82, 2.24) is 14.7 Å². The molecule has 2 N–H and O–H groups in total. The van der Waals surface area contributed by atoms with Crippen LogP contribution in [0.15, 0.2) is 0 Å². The summed E-state index contributed by atoms with van der Waals surface area (Å²) in [7, 11) is 0. The molecule has 1 spiro atoms. The van der Waals surface area contributed by atoms with Gasteiger partial charge >= 0.3 is 6.09 Å². The van der Waals surface area contributed by atoms with E-state index in [9.17, 15) is 19.8 Å². The zero-order valence-electron chi connectivity index (χ0n) is 15.6. The summed E-state index contributed by atoms with van der Waals surface area (Å²) < 4.78 is 5.89. The van der Waals surface area contributed by atoms with Gasteiger partial charge in [-0.1, -0.05) is 0 Å². The molecule has 26 heavy (non-hydrogen) atoms. The Morgan fingerprint density at radius 2 is 2.08 bits per heavy atom. The first kappa shape index (κ1) is 18.0. The topological polar surface area (TPSA) is 93.6 Å². The van der Waals surface area contributed by atoms with E-state index in [1.165, 1.54) is 0 Å². The summed E-state index contributed by atoms with van der Waals surface area (Å²) in [6.07, 6.45) is 2.81. The predicted molar refractivity (Wildman–Crippen MR) is 92.5 cm³/mol. The molecule has 3 heterocycles. The molecule has 8 heteroatoms. The maximum atomic E-state index is 12.8. The molecule has 1 saturated carbocycles. The fourth-order valence-electron chi connectivity index (χ4n) is 4.93. The van der Waals surface area contributed by atoms with Gasteiger partial charge in [0.05, 0.1) is 25.3 Å². The Morgan fingerprint density at radius 1 is 1.35 bits per heavy atom. The first-order chi connectivity index (χ1) is 12.3. The highest BCUT2D eigenvalue weighted by molar-refractivity contribution is 5.87. The smallest absolute Gasteiger partial charge is 0.408 e. The number of hydrogen-bond acceptors (Lipinski definition) is 5. The number of nitrogens with zero attached hydrogens (tertiary/aromatic N) is 3. The summed E-state index contributed by atoms with van der Waals surface area (Å²) in [6, 6.07) is -0.726. The van der Waals surface area contributed by atoms with E-state index in [0.29, 0.717) is 13.2 Å². The lowest BCUT2D eigenvalue weighted by Gasteiger charge is -2.47. The molecule has 8 nitrogen and oxygen atoms in total. The number of piperidine rings is 1. The third-order valence-electron chi connectivity index (χ3n) is 6.97. The quantitative estimate of drug-likeness (QED) is 0.757. The minimum absolute atomic E-state index is 0.0418. The average molecular weight is 367 g/mol. The second-order valence-electron chi connectivity index (χ2n) is 8.65. The number of carbonyl (C=O) groups is 2. The van der Waals surface area contributed by atoms with Crippen molar-refractivity contribution in [3.8, 4) is 0 Å². The molecule has 0 aromatic carbocycles. The van der Waals surface area contributed by atoms with Gasteiger partial charge in [-0.05, 0) is 51.5 Å². The van der Waals surface area contributed by atoms with Crippen LogP contribution in [-0.2, 0) is 9.53 Å². The Kier molecular flexibility index (Phi) is 4.20. The molecule has 0 aromatic rings. The van der Waals surface area contributed by atoms with Gasteiger partial charge in [-0.25, -0.2) is 4.79 Å². The van der Waals surface area contributed by atoms with Gasteiger partial charge in [0, 0.05) is 13.1 Å². The van der Waals surface area contributed by atoms with Crippen molar-refractivity contribution < 1.29 is 24.5 Å². The Balaban J connectivity index is 1.38. The molecule has 0 aromatic heterocycles. The standard InChI is InChI=1S/C18H29N3O5/c1-12-15(23)21-13(10-26-17(21,2)11-20(12)16(24)25)3-7-19-8-6-18(4-5-18)14(22)9-19/h12-14,22H,3-11H2,1-2H3,(H,24,25)/t12-,13-,14+,17+/m0/s1. The Bertz CT molecular complexity index is 610.